The number of fused-ring (bicyclic) bond motifs is 8. The number of benzene rings is 3. The number of nitriles is 2. The van der Waals surface area contributed by atoms with E-state index in [1.54, 1.807) is 59.2 Å². The van der Waals surface area contributed by atoms with Crippen molar-refractivity contribution in [2.24, 2.45) is 0 Å². The van der Waals surface area contributed by atoms with E-state index in [4.69, 9.17) is 13.1 Å². The Morgan fingerprint density at radius 2 is 0.844 bits per heavy atom. The highest BCUT2D eigenvalue weighted by Crippen LogP contribution is 2.60. The van der Waals surface area contributed by atoms with Crippen LogP contribution in [0.3, 0.4) is 0 Å². The van der Waals surface area contributed by atoms with E-state index in [9.17, 15) is 37.7 Å². The van der Waals surface area contributed by atoms with Crippen LogP contribution in [-0.4, -0.2) is 36.6 Å². The summed E-state index contributed by atoms with van der Waals surface area (Å²) in [6.45, 7) is 15.3. The number of halogens is 4. The molecule has 0 unspecified atom stereocenters. The van der Waals surface area contributed by atoms with Gasteiger partial charge in [-0.05, 0) is 108 Å². The molecule has 9 rings (SSSR count). The number of thiophene rings is 2. The summed E-state index contributed by atoms with van der Waals surface area (Å²) in [7, 11) is 0. The number of Topliss-reactive ketones (excluding diaryl/α,β-unsaturated/α-hetero) is 2. The van der Waals surface area contributed by atoms with Crippen LogP contribution < -0.4 is 0 Å². The van der Waals surface area contributed by atoms with Crippen LogP contribution in [-0.2, 0) is 0 Å². The summed E-state index contributed by atoms with van der Waals surface area (Å²) in [6, 6.07) is 15.2. The molecular formula is C48H22F4N4O2S6. The molecule has 2 aromatic heterocycles. The van der Waals surface area contributed by atoms with Crippen LogP contribution in [0.15, 0.2) is 79.5 Å². The van der Waals surface area contributed by atoms with E-state index >= 15 is 0 Å². The van der Waals surface area contributed by atoms with Gasteiger partial charge in [-0.3, -0.25) is 9.59 Å². The van der Waals surface area contributed by atoms with Crippen molar-refractivity contribution < 1.29 is 27.2 Å². The summed E-state index contributed by atoms with van der Waals surface area (Å²) < 4.78 is 59.9. The van der Waals surface area contributed by atoms with E-state index in [1.165, 1.54) is 22.7 Å². The highest BCUT2D eigenvalue weighted by atomic mass is 32.2. The molecule has 0 atom stereocenters. The fraction of sp³-hybridized carbons (Fsp3) is 0.0833. The van der Waals surface area contributed by atoms with Crippen LogP contribution in [0.4, 0.5) is 17.6 Å². The predicted octanol–water partition coefficient (Wildman–Crippen LogP) is 14.1. The van der Waals surface area contributed by atoms with Crippen molar-refractivity contribution >= 4 is 116 Å². The Bertz CT molecular complexity index is 3190. The third kappa shape index (κ3) is 6.43. The summed E-state index contributed by atoms with van der Waals surface area (Å²) in [4.78, 5) is 37.4. The molecule has 4 aliphatic rings. The van der Waals surface area contributed by atoms with Gasteiger partial charge in [0.2, 0.25) is 0 Å². The number of ketones is 2. The minimum absolute atomic E-state index is 0.00444. The minimum atomic E-state index is -1.21. The Balaban J connectivity index is 1.22. The summed E-state index contributed by atoms with van der Waals surface area (Å²) in [6.07, 6.45) is 11.1. The van der Waals surface area contributed by atoms with Gasteiger partial charge in [0.25, 0.3) is 11.4 Å². The molecule has 0 N–H and O–H groups in total. The molecule has 0 spiro atoms. The average molecular weight is 955 g/mol. The van der Waals surface area contributed by atoms with Gasteiger partial charge in [-0.25, -0.2) is 37.8 Å². The fourth-order valence-electron chi connectivity index (χ4n) is 8.46. The smallest absolute Gasteiger partial charge is 0.270 e. The average Bonchev–Trinajstić information content (AvgIpc) is 4.11. The quantitative estimate of drug-likeness (QED) is 0.0705. The van der Waals surface area contributed by atoms with Gasteiger partial charge < -0.3 is 0 Å². The molecule has 0 fully saturated rings. The SMILES string of the molecule is [C-]#[N+]/C(C#N)=C1\C(=C\c2cc3c(s2)-c2cc4c(cc2C3=C(SC)SC)-c2sc(/C=C3\C(=O)c5cc(F)c(F)cc5\C3=C(\C#N)[N+]#[C-])cc2C4=C(SC)SC)C(=O)c2cc(F)c(F)cc21. The molecule has 0 saturated heterocycles. The molecule has 0 bridgehead atoms. The van der Waals surface area contributed by atoms with Gasteiger partial charge in [-0.15, -0.1) is 69.7 Å². The summed E-state index contributed by atoms with van der Waals surface area (Å²) >= 11 is 9.15. The first-order valence-electron chi connectivity index (χ1n) is 18.5. The zero-order valence-electron chi connectivity index (χ0n) is 33.3. The Labute approximate surface area is 388 Å². The van der Waals surface area contributed by atoms with E-state index in [0.717, 1.165) is 87.0 Å². The normalized spacial score (nSPS) is 16.8. The van der Waals surface area contributed by atoms with Crippen molar-refractivity contribution in [3.8, 4) is 33.0 Å². The maximum absolute atomic E-state index is 14.5. The van der Waals surface area contributed by atoms with Gasteiger partial charge in [0.05, 0.1) is 25.3 Å². The van der Waals surface area contributed by atoms with Gasteiger partial charge in [0, 0.05) is 94.8 Å². The molecular weight excluding hydrogens is 933 g/mol. The van der Waals surface area contributed by atoms with Crippen molar-refractivity contribution in [2.75, 3.05) is 25.0 Å². The second-order valence-electron chi connectivity index (χ2n) is 14.2. The highest BCUT2D eigenvalue weighted by molar-refractivity contribution is 8.22. The standard InChI is InChI=1S/C48H22F4N4O2S6/c1-55-37(17-53)39-23-13-33(49)35(51)15-25(23)43(57)29(39)7-19-9-31-41(47(59-3)60-4)21-12-28-22(11-27(21)45(31)63-19)42(48(61-5)62-6)32-10-20(64-46(28)32)8-30-40(38(18-54)56-2)24-14-34(50)36(52)16-26(24)44(30)58/h7-16H,3-6H3/b29-7-,30-8-,39-37-,40-38+. The third-order valence-electron chi connectivity index (χ3n) is 11.0. The van der Waals surface area contributed by atoms with Crippen LogP contribution in [0.25, 0.3) is 65.0 Å². The van der Waals surface area contributed by atoms with Gasteiger partial charge in [-0.1, -0.05) is 0 Å². The molecule has 16 heteroatoms. The zero-order valence-corrected chi connectivity index (χ0v) is 38.2. The van der Waals surface area contributed by atoms with E-state index < -0.39 is 46.2 Å². The predicted molar refractivity (Wildman–Crippen MR) is 255 cm³/mol. The zero-order chi connectivity index (χ0) is 45.5. The summed E-state index contributed by atoms with van der Waals surface area (Å²) in [5.41, 5.74) is 6.37. The second kappa shape index (κ2) is 16.5. The molecule has 0 radical (unpaired) electrons. The molecule has 0 saturated carbocycles. The number of allylic oxidation sites excluding steroid dienone is 6. The highest BCUT2D eigenvalue weighted by Gasteiger charge is 2.39. The lowest BCUT2D eigenvalue weighted by atomic mass is 9.98. The maximum Gasteiger partial charge on any atom is 0.270 e. The van der Waals surface area contributed by atoms with Crippen molar-refractivity contribution in [1.82, 2.24) is 0 Å². The minimum Gasteiger partial charge on any atom is -0.289 e. The number of hydrogen-bond acceptors (Lipinski definition) is 10. The largest absolute Gasteiger partial charge is 0.289 e. The van der Waals surface area contributed by atoms with Crippen LogP contribution in [0.1, 0.15) is 63.9 Å². The molecule has 2 heterocycles. The molecule has 4 aliphatic carbocycles. The lowest BCUT2D eigenvalue weighted by molar-refractivity contribution is 0.103. The summed E-state index contributed by atoms with van der Waals surface area (Å²) in [5.74, 6) is -6.07. The van der Waals surface area contributed by atoms with Gasteiger partial charge in [0.15, 0.2) is 34.8 Å². The molecule has 6 nitrogen and oxygen atoms in total. The van der Waals surface area contributed by atoms with E-state index in [2.05, 4.69) is 21.8 Å². The monoisotopic (exact) mass is 954 g/mol. The number of carbonyl (C=O) groups is 2. The molecule has 3 aromatic carbocycles. The van der Waals surface area contributed by atoms with Crippen LogP contribution in [0, 0.1) is 59.1 Å². The summed E-state index contributed by atoms with van der Waals surface area (Å²) in [5, 5.41) is 19.7. The van der Waals surface area contributed by atoms with E-state index in [1.807, 2.05) is 49.3 Å². The molecule has 5 aromatic rings. The van der Waals surface area contributed by atoms with Crippen LogP contribution in [0.5, 0.6) is 0 Å². The fourth-order valence-corrected chi connectivity index (χ4v) is 13.8. The Morgan fingerprint density at radius 1 is 0.516 bits per heavy atom. The lowest BCUT2D eigenvalue weighted by Gasteiger charge is -2.13. The number of rotatable bonds is 6. The number of nitrogens with zero attached hydrogens (tertiary/aromatic N) is 4. The first-order chi connectivity index (χ1) is 30.9. The van der Waals surface area contributed by atoms with Crippen molar-refractivity contribution in [3.05, 3.63) is 180 Å². The van der Waals surface area contributed by atoms with Gasteiger partial charge >= 0.3 is 0 Å². The molecule has 0 amide bonds. The Hall–Kier alpha value is -6.08. The number of carbonyl (C=O) groups excluding carboxylic acids is 2. The van der Waals surface area contributed by atoms with Crippen molar-refractivity contribution in [2.45, 2.75) is 0 Å². The van der Waals surface area contributed by atoms with E-state index in [-0.39, 0.29) is 44.5 Å². The van der Waals surface area contributed by atoms with Crippen LogP contribution >= 0.6 is 69.7 Å². The number of thioether (sulfide) groups is 4. The van der Waals surface area contributed by atoms with E-state index in [0.29, 0.717) is 9.75 Å². The van der Waals surface area contributed by atoms with Gasteiger partial charge in [-0.2, -0.15) is 0 Å². The molecule has 310 valence electrons. The molecule has 64 heavy (non-hydrogen) atoms. The lowest BCUT2D eigenvalue weighted by Crippen LogP contribution is -1.97. The Morgan fingerprint density at radius 3 is 1.16 bits per heavy atom. The maximum atomic E-state index is 14.5. The van der Waals surface area contributed by atoms with Gasteiger partial charge in [0.1, 0.15) is 0 Å². The topological polar surface area (TPSA) is 90.4 Å². The number of hydrogen-bond donors (Lipinski definition) is 0. The second-order valence-corrected chi connectivity index (χ2v) is 20.1. The Kier molecular flexibility index (Phi) is 11.1. The van der Waals surface area contributed by atoms with Crippen LogP contribution in [0.2, 0.25) is 0 Å². The third-order valence-corrected chi connectivity index (χ3v) is 17.6. The van der Waals surface area contributed by atoms with Crippen molar-refractivity contribution in [1.29, 1.82) is 10.5 Å². The van der Waals surface area contributed by atoms with Crippen molar-refractivity contribution in [3.63, 3.8) is 0 Å². The molecule has 0 aliphatic heterocycles. The first-order valence-corrected chi connectivity index (χ1v) is 25.1. The first kappa shape index (κ1) is 43.2.